The number of nitrogens with one attached hydrogen (secondary N) is 3. The van der Waals surface area contributed by atoms with Crippen molar-refractivity contribution in [3.63, 3.8) is 0 Å². The van der Waals surface area contributed by atoms with Gasteiger partial charge in [-0.3, -0.25) is 9.59 Å². The molecule has 2 fully saturated rings. The molecule has 0 heterocycles. The highest BCUT2D eigenvalue weighted by Gasteiger charge is 2.29. The Morgan fingerprint density at radius 3 is 2.40 bits per heavy atom. The van der Waals surface area contributed by atoms with Crippen LogP contribution in [0.3, 0.4) is 0 Å². The third-order valence-corrected chi connectivity index (χ3v) is 4.17. The van der Waals surface area contributed by atoms with Crippen molar-refractivity contribution >= 4 is 11.8 Å². The van der Waals surface area contributed by atoms with Crippen molar-refractivity contribution in [3.8, 4) is 0 Å². The Morgan fingerprint density at radius 1 is 1.05 bits per heavy atom. The molecule has 0 saturated heterocycles. The molecule has 5 nitrogen and oxygen atoms in total. The molecule has 0 aromatic heterocycles. The summed E-state index contributed by atoms with van der Waals surface area (Å²) in [6, 6.07) is 0.157. The van der Waals surface area contributed by atoms with Gasteiger partial charge in [0, 0.05) is 25.0 Å². The van der Waals surface area contributed by atoms with E-state index in [1.807, 2.05) is 6.92 Å². The molecule has 114 valence electrons. The molecule has 0 aromatic rings. The molecule has 0 radical (unpaired) electrons. The van der Waals surface area contributed by atoms with Crippen molar-refractivity contribution in [3.05, 3.63) is 0 Å². The first-order valence-electron chi connectivity index (χ1n) is 7.98. The molecular weight excluding hydrogens is 254 g/mol. The molecule has 20 heavy (non-hydrogen) atoms. The van der Waals surface area contributed by atoms with Crippen molar-refractivity contribution in [2.24, 2.45) is 5.92 Å². The fraction of sp³-hybridized carbons (Fsp3) is 0.867. The molecule has 2 amide bonds. The summed E-state index contributed by atoms with van der Waals surface area (Å²) < 4.78 is 0. The maximum atomic E-state index is 12.0. The highest BCUT2D eigenvalue weighted by atomic mass is 16.2. The quantitative estimate of drug-likeness (QED) is 0.608. The van der Waals surface area contributed by atoms with Crippen molar-refractivity contribution in [1.29, 1.82) is 0 Å². The first-order chi connectivity index (χ1) is 9.66. The van der Waals surface area contributed by atoms with Crippen LogP contribution >= 0.6 is 0 Å². The second-order valence-corrected chi connectivity index (χ2v) is 6.08. The van der Waals surface area contributed by atoms with Crippen LogP contribution in [0.25, 0.3) is 0 Å². The predicted octanol–water partition coefficient (Wildman–Crippen LogP) is 0.940. The van der Waals surface area contributed by atoms with Gasteiger partial charge in [0.05, 0.1) is 6.04 Å². The Hall–Kier alpha value is -1.10. The largest absolute Gasteiger partial charge is 0.355 e. The molecule has 1 atom stereocenters. The van der Waals surface area contributed by atoms with Crippen molar-refractivity contribution in [1.82, 2.24) is 16.0 Å². The van der Waals surface area contributed by atoms with Crippen LogP contribution in [-0.2, 0) is 9.59 Å². The molecule has 0 aromatic carbocycles. The van der Waals surface area contributed by atoms with Gasteiger partial charge in [0.1, 0.15) is 0 Å². The van der Waals surface area contributed by atoms with E-state index in [-0.39, 0.29) is 23.8 Å². The lowest BCUT2D eigenvalue weighted by Crippen LogP contribution is -2.48. The SMILES string of the molecule is CC(NCCNC(=O)C1CC1)C(=O)NC1CCCCC1. The highest BCUT2D eigenvalue weighted by molar-refractivity contribution is 5.82. The molecule has 2 aliphatic carbocycles. The summed E-state index contributed by atoms with van der Waals surface area (Å²) >= 11 is 0. The van der Waals surface area contributed by atoms with Crippen LogP contribution in [0.2, 0.25) is 0 Å². The average molecular weight is 281 g/mol. The normalized spacial score (nSPS) is 21.2. The number of rotatable bonds is 7. The fourth-order valence-corrected chi connectivity index (χ4v) is 2.63. The minimum atomic E-state index is -0.199. The van der Waals surface area contributed by atoms with E-state index in [1.165, 1.54) is 19.3 Å². The molecule has 2 rings (SSSR count). The minimum Gasteiger partial charge on any atom is -0.355 e. The Kier molecular flexibility index (Phi) is 5.83. The number of amides is 2. The third-order valence-electron chi connectivity index (χ3n) is 4.17. The Balaban J connectivity index is 1.54. The first-order valence-corrected chi connectivity index (χ1v) is 7.98. The fourth-order valence-electron chi connectivity index (χ4n) is 2.63. The monoisotopic (exact) mass is 281 g/mol. The number of carbonyl (C=O) groups excluding carboxylic acids is 2. The molecule has 0 bridgehead atoms. The summed E-state index contributed by atoms with van der Waals surface area (Å²) in [5.41, 5.74) is 0. The standard InChI is InChI=1S/C15H27N3O2/c1-11(14(19)18-13-5-3-2-4-6-13)16-9-10-17-15(20)12-7-8-12/h11-13,16H,2-10H2,1H3,(H,17,20)(H,18,19). The van der Waals surface area contributed by atoms with Crippen LogP contribution in [-0.4, -0.2) is 37.0 Å². The van der Waals surface area contributed by atoms with Crippen LogP contribution < -0.4 is 16.0 Å². The number of hydrogen-bond acceptors (Lipinski definition) is 3. The van der Waals surface area contributed by atoms with Gasteiger partial charge in [0.2, 0.25) is 11.8 Å². The lowest BCUT2D eigenvalue weighted by molar-refractivity contribution is -0.123. The Bertz CT molecular complexity index is 336. The molecule has 2 aliphatic rings. The van der Waals surface area contributed by atoms with Gasteiger partial charge in [-0.2, -0.15) is 0 Å². The predicted molar refractivity (Wildman–Crippen MR) is 78.2 cm³/mol. The average Bonchev–Trinajstić information content (AvgIpc) is 3.28. The zero-order valence-electron chi connectivity index (χ0n) is 12.4. The van der Waals surface area contributed by atoms with Gasteiger partial charge in [-0.1, -0.05) is 19.3 Å². The summed E-state index contributed by atoms with van der Waals surface area (Å²) in [6.07, 6.45) is 8.01. The molecule has 3 N–H and O–H groups in total. The van der Waals surface area contributed by atoms with Crippen molar-refractivity contribution < 1.29 is 9.59 Å². The molecule has 2 saturated carbocycles. The van der Waals surface area contributed by atoms with Gasteiger partial charge in [0.15, 0.2) is 0 Å². The van der Waals surface area contributed by atoms with Crippen molar-refractivity contribution in [2.45, 2.75) is 64.0 Å². The van der Waals surface area contributed by atoms with Crippen molar-refractivity contribution in [2.75, 3.05) is 13.1 Å². The topological polar surface area (TPSA) is 70.2 Å². The number of hydrogen-bond donors (Lipinski definition) is 3. The van der Waals surface area contributed by atoms with Crippen LogP contribution in [0.1, 0.15) is 51.9 Å². The van der Waals surface area contributed by atoms with E-state index in [0.29, 0.717) is 19.1 Å². The smallest absolute Gasteiger partial charge is 0.237 e. The molecular formula is C15H27N3O2. The van der Waals surface area contributed by atoms with Crippen LogP contribution in [0, 0.1) is 5.92 Å². The summed E-state index contributed by atoms with van der Waals surface area (Å²) in [6.45, 7) is 3.11. The second-order valence-electron chi connectivity index (χ2n) is 6.08. The van der Waals surface area contributed by atoms with E-state index in [2.05, 4.69) is 16.0 Å². The summed E-state index contributed by atoms with van der Waals surface area (Å²) in [4.78, 5) is 23.4. The lowest BCUT2D eigenvalue weighted by Gasteiger charge is -2.24. The summed E-state index contributed by atoms with van der Waals surface area (Å²) in [5, 5.41) is 9.15. The maximum absolute atomic E-state index is 12.0. The Morgan fingerprint density at radius 2 is 1.75 bits per heavy atom. The van der Waals surface area contributed by atoms with E-state index in [0.717, 1.165) is 25.7 Å². The second kappa shape index (κ2) is 7.62. The lowest BCUT2D eigenvalue weighted by atomic mass is 9.95. The van der Waals surface area contributed by atoms with E-state index in [4.69, 9.17) is 0 Å². The molecule has 0 aliphatic heterocycles. The van der Waals surface area contributed by atoms with Gasteiger partial charge in [-0.05, 0) is 32.6 Å². The van der Waals surface area contributed by atoms with E-state index in [9.17, 15) is 9.59 Å². The first kappa shape index (κ1) is 15.3. The molecule has 1 unspecified atom stereocenters. The third kappa shape index (κ3) is 5.12. The number of carbonyl (C=O) groups is 2. The highest BCUT2D eigenvalue weighted by Crippen LogP contribution is 2.28. The summed E-state index contributed by atoms with van der Waals surface area (Å²) in [7, 11) is 0. The van der Waals surface area contributed by atoms with Gasteiger partial charge in [-0.25, -0.2) is 0 Å². The van der Waals surface area contributed by atoms with E-state index >= 15 is 0 Å². The Labute approximate surface area is 121 Å². The minimum absolute atomic E-state index is 0.0745. The molecule has 5 heteroatoms. The van der Waals surface area contributed by atoms with E-state index in [1.54, 1.807) is 0 Å². The van der Waals surface area contributed by atoms with Crippen LogP contribution in [0.4, 0.5) is 0 Å². The van der Waals surface area contributed by atoms with Gasteiger partial charge in [-0.15, -0.1) is 0 Å². The van der Waals surface area contributed by atoms with Gasteiger partial charge in [0.25, 0.3) is 0 Å². The van der Waals surface area contributed by atoms with Crippen LogP contribution in [0.5, 0.6) is 0 Å². The zero-order chi connectivity index (χ0) is 14.4. The summed E-state index contributed by atoms with van der Waals surface area (Å²) in [5.74, 6) is 0.485. The van der Waals surface area contributed by atoms with Crippen LogP contribution in [0.15, 0.2) is 0 Å². The van der Waals surface area contributed by atoms with Gasteiger partial charge < -0.3 is 16.0 Å². The van der Waals surface area contributed by atoms with Gasteiger partial charge >= 0.3 is 0 Å². The van der Waals surface area contributed by atoms with E-state index < -0.39 is 0 Å². The maximum Gasteiger partial charge on any atom is 0.237 e. The zero-order valence-corrected chi connectivity index (χ0v) is 12.4. The molecule has 0 spiro atoms.